The summed E-state index contributed by atoms with van der Waals surface area (Å²) in [6.07, 6.45) is 0.880. The van der Waals surface area contributed by atoms with Crippen LogP contribution in [0, 0.1) is 0 Å². The van der Waals surface area contributed by atoms with Crippen molar-refractivity contribution in [3.63, 3.8) is 0 Å². The van der Waals surface area contributed by atoms with Crippen LogP contribution in [0.2, 0.25) is 5.02 Å². The van der Waals surface area contributed by atoms with Crippen LogP contribution in [0.1, 0.15) is 35.6 Å². The SMILES string of the molecule is CCNS(=O)(=O)c1ccc(CCC(=O)N(Cc2ccccc2)[C@@H](Cc2ccccc2)C(=O)NCc2ccccc2Cl)cc1. The maximum Gasteiger partial charge on any atom is 0.243 e. The molecule has 9 heteroatoms. The number of hydrogen-bond acceptors (Lipinski definition) is 4. The van der Waals surface area contributed by atoms with Gasteiger partial charge in [-0.25, -0.2) is 13.1 Å². The first kappa shape index (κ1) is 31.9. The number of carbonyl (C=O) groups is 2. The molecule has 2 N–H and O–H groups in total. The fourth-order valence-corrected chi connectivity index (χ4v) is 6.02. The van der Waals surface area contributed by atoms with E-state index in [1.807, 2.05) is 78.9 Å². The third-order valence-corrected chi connectivity index (χ3v) is 9.00. The summed E-state index contributed by atoms with van der Waals surface area (Å²) in [7, 11) is -3.56. The summed E-state index contributed by atoms with van der Waals surface area (Å²) in [4.78, 5) is 29.6. The highest BCUT2D eigenvalue weighted by Gasteiger charge is 2.30. The Morgan fingerprint density at radius 2 is 1.40 bits per heavy atom. The molecule has 7 nitrogen and oxygen atoms in total. The molecule has 0 fully saturated rings. The minimum atomic E-state index is -3.56. The van der Waals surface area contributed by atoms with Crippen molar-refractivity contribution < 1.29 is 18.0 Å². The molecule has 4 rings (SSSR count). The fourth-order valence-electron chi connectivity index (χ4n) is 4.78. The molecule has 1 atom stereocenters. The molecule has 0 spiro atoms. The van der Waals surface area contributed by atoms with Gasteiger partial charge in [0.25, 0.3) is 0 Å². The van der Waals surface area contributed by atoms with Crippen LogP contribution < -0.4 is 10.0 Å². The van der Waals surface area contributed by atoms with Gasteiger partial charge in [0, 0.05) is 37.5 Å². The highest BCUT2D eigenvalue weighted by molar-refractivity contribution is 7.89. The van der Waals surface area contributed by atoms with Crippen molar-refractivity contribution >= 4 is 33.4 Å². The predicted octanol–water partition coefficient (Wildman–Crippen LogP) is 5.53. The third kappa shape index (κ3) is 9.25. The number of amides is 2. The van der Waals surface area contributed by atoms with Crippen LogP contribution in [0.3, 0.4) is 0 Å². The minimum Gasteiger partial charge on any atom is -0.350 e. The Morgan fingerprint density at radius 3 is 2.02 bits per heavy atom. The van der Waals surface area contributed by atoms with Crippen LogP contribution in [-0.4, -0.2) is 37.7 Å². The van der Waals surface area contributed by atoms with Gasteiger partial charge in [-0.2, -0.15) is 0 Å². The molecular formula is C34H36ClN3O4S. The average molecular weight is 618 g/mol. The first-order valence-electron chi connectivity index (χ1n) is 14.2. The maximum absolute atomic E-state index is 13.9. The van der Waals surface area contributed by atoms with Crippen molar-refractivity contribution in [1.82, 2.24) is 14.9 Å². The van der Waals surface area contributed by atoms with Gasteiger partial charge in [0.05, 0.1) is 4.90 Å². The fraction of sp³-hybridized carbons (Fsp3) is 0.235. The normalized spacial score (nSPS) is 12.0. The molecule has 0 aliphatic heterocycles. The zero-order valence-electron chi connectivity index (χ0n) is 24.1. The van der Waals surface area contributed by atoms with Gasteiger partial charge in [0.15, 0.2) is 0 Å². The number of benzene rings is 4. The molecule has 2 amide bonds. The number of hydrogen-bond donors (Lipinski definition) is 2. The molecule has 0 radical (unpaired) electrons. The number of nitrogens with zero attached hydrogens (tertiary/aromatic N) is 1. The summed E-state index contributed by atoms with van der Waals surface area (Å²) >= 11 is 6.33. The number of aryl methyl sites for hydroxylation is 1. The molecule has 0 heterocycles. The Morgan fingerprint density at radius 1 is 0.791 bits per heavy atom. The second-order valence-corrected chi connectivity index (χ2v) is 12.3. The van der Waals surface area contributed by atoms with Gasteiger partial charge < -0.3 is 10.2 Å². The van der Waals surface area contributed by atoms with E-state index < -0.39 is 16.1 Å². The third-order valence-electron chi connectivity index (χ3n) is 7.07. The Hall–Kier alpha value is -3.98. The van der Waals surface area contributed by atoms with Gasteiger partial charge >= 0.3 is 0 Å². The van der Waals surface area contributed by atoms with E-state index in [1.165, 1.54) is 0 Å². The summed E-state index contributed by atoms with van der Waals surface area (Å²) in [6, 6.07) is 32.3. The molecular weight excluding hydrogens is 582 g/mol. The Labute approximate surface area is 258 Å². The van der Waals surface area contributed by atoms with Gasteiger partial charge in [-0.15, -0.1) is 0 Å². The first-order valence-corrected chi connectivity index (χ1v) is 16.1. The lowest BCUT2D eigenvalue weighted by molar-refractivity contribution is -0.141. The molecule has 43 heavy (non-hydrogen) atoms. The van der Waals surface area contributed by atoms with E-state index in [4.69, 9.17) is 11.6 Å². The number of halogens is 1. The van der Waals surface area contributed by atoms with Crippen molar-refractivity contribution in [2.45, 2.75) is 50.2 Å². The summed E-state index contributed by atoms with van der Waals surface area (Å²) < 4.78 is 27.1. The van der Waals surface area contributed by atoms with Crippen molar-refractivity contribution in [1.29, 1.82) is 0 Å². The molecule has 4 aromatic carbocycles. The second kappa shape index (κ2) is 15.5. The van der Waals surface area contributed by atoms with Crippen LogP contribution in [0.15, 0.2) is 114 Å². The molecule has 0 aliphatic rings. The van der Waals surface area contributed by atoms with E-state index in [9.17, 15) is 18.0 Å². The maximum atomic E-state index is 13.9. The number of sulfonamides is 1. The van der Waals surface area contributed by atoms with Crippen molar-refractivity contribution in [3.05, 3.63) is 136 Å². The number of rotatable bonds is 14. The van der Waals surface area contributed by atoms with Gasteiger partial charge in [-0.05, 0) is 46.9 Å². The molecule has 0 saturated carbocycles. The molecule has 0 aromatic heterocycles. The van der Waals surface area contributed by atoms with E-state index in [1.54, 1.807) is 42.2 Å². The molecule has 0 saturated heterocycles. The van der Waals surface area contributed by atoms with Gasteiger partial charge in [-0.1, -0.05) is 110 Å². The van der Waals surface area contributed by atoms with Crippen LogP contribution in [0.25, 0.3) is 0 Å². The molecule has 4 aromatic rings. The lowest BCUT2D eigenvalue weighted by Gasteiger charge is -2.32. The zero-order valence-corrected chi connectivity index (χ0v) is 25.7. The minimum absolute atomic E-state index is 0.148. The standard InChI is InChI=1S/C34H36ClN3O4S/c1-2-37-43(41,42)30-20-17-26(18-21-30)19-22-33(39)38(25-28-13-7-4-8-14-28)32(23-27-11-5-3-6-12-27)34(40)36-24-29-15-9-10-16-31(29)35/h3-18,20-21,32,37H,2,19,22-25H2,1H3,(H,36,40)/t32-/m0/s1. The van der Waals surface area contributed by atoms with Crippen molar-refractivity contribution in [3.8, 4) is 0 Å². The first-order chi connectivity index (χ1) is 20.8. The average Bonchev–Trinajstić information content (AvgIpc) is 3.02. The van der Waals surface area contributed by atoms with E-state index in [2.05, 4.69) is 10.0 Å². The van der Waals surface area contributed by atoms with Crippen LogP contribution in [0.4, 0.5) is 0 Å². The Balaban J connectivity index is 1.57. The van der Waals surface area contributed by atoms with Gasteiger partial charge in [-0.3, -0.25) is 9.59 Å². The summed E-state index contributed by atoms with van der Waals surface area (Å²) in [5.74, 6) is -0.451. The predicted molar refractivity (Wildman–Crippen MR) is 170 cm³/mol. The smallest absolute Gasteiger partial charge is 0.243 e. The highest BCUT2D eigenvalue weighted by Crippen LogP contribution is 2.19. The lowest BCUT2D eigenvalue weighted by Crippen LogP contribution is -2.50. The molecule has 0 bridgehead atoms. The van der Waals surface area contributed by atoms with Gasteiger partial charge in [0.2, 0.25) is 21.8 Å². The quantitative estimate of drug-likeness (QED) is 0.195. The van der Waals surface area contributed by atoms with E-state index in [-0.39, 0.29) is 36.2 Å². The topological polar surface area (TPSA) is 95.6 Å². The Kier molecular flexibility index (Phi) is 11.5. The van der Waals surface area contributed by atoms with Gasteiger partial charge in [0.1, 0.15) is 6.04 Å². The van der Waals surface area contributed by atoms with Crippen LogP contribution in [0.5, 0.6) is 0 Å². The van der Waals surface area contributed by atoms with E-state index in [0.717, 1.165) is 22.3 Å². The Bertz CT molecular complexity index is 1600. The van der Waals surface area contributed by atoms with E-state index in [0.29, 0.717) is 24.4 Å². The monoisotopic (exact) mass is 617 g/mol. The second-order valence-electron chi connectivity index (χ2n) is 10.2. The largest absolute Gasteiger partial charge is 0.350 e. The summed E-state index contributed by atoms with van der Waals surface area (Å²) in [5, 5.41) is 3.56. The number of carbonyl (C=O) groups excluding carboxylic acids is 2. The van der Waals surface area contributed by atoms with Crippen LogP contribution in [-0.2, 0) is 45.5 Å². The molecule has 224 valence electrons. The zero-order chi connectivity index (χ0) is 30.7. The van der Waals surface area contributed by atoms with Crippen LogP contribution >= 0.6 is 11.6 Å². The number of nitrogens with one attached hydrogen (secondary N) is 2. The summed E-state index contributed by atoms with van der Waals surface area (Å²) in [6.45, 7) is 2.52. The van der Waals surface area contributed by atoms with E-state index >= 15 is 0 Å². The molecule has 0 unspecified atom stereocenters. The highest BCUT2D eigenvalue weighted by atomic mass is 35.5. The molecule has 0 aliphatic carbocycles. The van der Waals surface area contributed by atoms with Crippen molar-refractivity contribution in [2.75, 3.05) is 6.54 Å². The lowest BCUT2D eigenvalue weighted by atomic mass is 10.0. The summed E-state index contributed by atoms with van der Waals surface area (Å²) in [5.41, 5.74) is 3.46. The van der Waals surface area contributed by atoms with Crippen molar-refractivity contribution in [2.24, 2.45) is 0 Å².